The lowest BCUT2D eigenvalue weighted by Gasteiger charge is -2.06. The fraction of sp³-hybridized carbons (Fsp3) is 0.100. The number of aromatic nitrogens is 1. The minimum Gasteiger partial charge on any atom is -0.465 e. The predicted molar refractivity (Wildman–Crippen MR) is 117 cm³/mol. The molecule has 3 aromatic rings. The van der Waals surface area contributed by atoms with Crippen LogP contribution in [0.25, 0.3) is 0 Å². The van der Waals surface area contributed by atoms with E-state index in [1.807, 2.05) is 0 Å². The van der Waals surface area contributed by atoms with Gasteiger partial charge in [-0.05, 0) is 42.0 Å². The van der Waals surface area contributed by atoms with E-state index in [0.29, 0.717) is 26.6 Å². The van der Waals surface area contributed by atoms with Gasteiger partial charge in [-0.15, -0.1) is 0 Å². The summed E-state index contributed by atoms with van der Waals surface area (Å²) in [5, 5.41) is 4.56. The number of nitrogens with one attached hydrogen (secondary N) is 1. The highest BCUT2D eigenvalue weighted by molar-refractivity contribution is 7.11. The third kappa shape index (κ3) is 5.15. The first-order chi connectivity index (χ1) is 14.4. The number of amides is 1. The molecule has 0 radical (unpaired) electrons. The van der Waals surface area contributed by atoms with Crippen LogP contribution >= 0.6 is 34.5 Å². The summed E-state index contributed by atoms with van der Waals surface area (Å²) in [4.78, 5) is 36.2. The second kappa shape index (κ2) is 9.71. The first-order valence-corrected chi connectivity index (χ1v) is 10.1. The van der Waals surface area contributed by atoms with Gasteiger partial charge in [0, 0.05) is 10.6 Å². The SMILES string of the molecule is COC(=O)c1cccc(Cn2c(Cl)c(/C=N/NC(=O)c3ccc(Cl)cc3)sc2=O)c1. The average Bonchev–Trinajstić information content (AvgIpc) is 3.01. The highest BCUT2D eigenvalue weighted by Gasteiger charge is 2.13. The minimum absolute atomic E-state index is 0.171. The van der Waals surface area contributed by atoms with E-state index < -0.39 is 11.9 Å². The Bertz CT molecular complexity index is 1170. The lowest BCUT2D eigenvalue weighted by atomic mass is 10.1. The van der Waals surface area contributed by atoms with Crippen LogP contribution in [0, 0.1) is 0 Å². The highest BCUT2D eigenvalue weighted by Crippen LogP contribution is 2.19. The summed E-state index contributed by atoms with van der Waals surface area (Å²) >= 11 is 13.0. The third-order valence-corrected chi connectivity index (χ3v) is 5.69. The molecule has 2 aromatic carbocycles. The van der Waals surface area contributed by atoms with Gasteiger partial charge < -0.3 is 4.74 Å². The number of thiazole rings is 1. The van der Waals surface area contributed by atoms with Crippen LogP contribution in [0.5, 0.6) is 0 Å². The molecule has 30 heavy (non-hydrogen) atoms. The molecule has 0 spiro atoms. The van der Waals surface area contributed by atoms with E-state index in [1.165, 1.54) is 17.9 Å². The number of hydrazone groups is 1. The molecule has 0 saturated carbocycles. The normalized spacial score (nSPS) is 10.9. The second-order valence-electron chi connectivity index (χ2n) is 6.01. The Morgan fingerprint density at radius 1 is 1.17 bits per heavy atom. The van der Waals surface area contributed by atoms with Gasteiger partial charge in [0.2, 0.25) is 0 Å². The van der Waals surface area contributed by atoms with Crippen LogP contribution < -0.4 is 10.3 Å². The Labute approximate surface area is 185 Å². The van der Waals surface area contributed by atoms with Crippen molar-refractivity contribution < 1.29 is 14.3 Å². The number of nitrogens with zero attached hydrogens (tertiary/aromatic N) is 2. The van der Waals surface area contributed by atoms with Crippen molar-refractivity contribution in [2.45, 2.75) is 6.54 Å². The molecule has 7 nitrogen and oxygen atoms in total. The summed E-state index contributed by atoms with van der Waals surface area (Å²) in [7, 11) is 1.30. The quantitative estimate of drug-likeness (QED) is 0.341. The smallest absolute Gasteiger partial charge is 0.337 e. The zero-order valence-corrected chi connectivity index (χ0v) is 17.9. The largest absolute Gasteiger partial charge is 0.465 e. The van der Waals surface area contributed by atoms with Crippen molar-refractivity contribution in [3.8, 4) is 0 Å². The Kier molecular flexibility index (Phi) is 7.04. The van der Waals surface area contributed by atoms with E-state index >= 15 is 0 Å². The topological polar surface area (TPSA) is 89.8 Å². The van der Waals surface area contributed by atoms with Gasteiger partial charge in [0.25, 0.3) is 5.91 Å². The number of carbonyl (C=O) groups is 2. The van der Waals surface area contributed by atoms with Gasteiger partial charge in [0.1, 0.15) is 5.15 Å². The minimum atomic E-state index is -0.468. The predicted octanol–water partition coefficient (Wildman–Crippen LogP) is 3.82. The number of ether oxygens (including phenoxy) is 1. The summed E-state index contributed by atoms with van der Waals surface area (Å²) in [6.45, 7) is 0.171. The molecule has 1 heterocycles. The molecular weight excluding hydrogens is 449 g/mol. The Hall–Kier alpha value is -2.94. The van der Waals surface area contributed by atoms with Gasteiger partial charge in [0.05, 0.1) is 30.3 Å². The van der Waals surface area contributed by atoms with Gasteiger partial charge in [-0.1, -0.05) is 46.7 Å². The van der Waals surface area contributed by atoms with Crippen molar-refractivity contribution in [2.24, 2.45) is 5.10 Å². The molecule has 154 valence electrons. The maximum atomic E-state index is 12.3. The van der Waals surface area contributed by atoms with Gasteiger partial charge in [-0.25, -0.2) is 10.2 Å². The van der Waals surface area contributed by atoms with Crippen LogP contribution in [0.3, 0.4) is 0 Å². The standard InChI is InChI=1S/C20H15Cl2N3O4S/c1-29-19(27)14-4-2-3-12(9-14)11-25-17(22)16(30-20(25)28)10-23-24-18(26)13-5-7-15(21)8-6-13/h2-10H,11H2,1H3,(H,24,26)/b23-10+. The van der Waals surface area contributed by atoms with Crippen molar-refractivity contribution in [3.05, 3.63) is 89.9 Å². The molecule has 0 aliphatic rings. The zero-order valence-electron chi connectivity index (χ0n) is 15.6. The molecule has 0 saturated heterocycles. The van der Waals surface area contributed by atoms with Gasteiger partial charge in [-0.2, -0.15) is 5.10 Å². The highest BCUT2D eigenvalue weighted by atomic mass is 35.5. The van der Waals surface area contributed by atoms with E-state index in [0.717, 1.165) is 11.3 Å². The first-order valence-electron chi connectivity index (χ1n) is 8.54. The maximum absolute atomic E-state index is 12.3. The number of carbonyl (C=O) groups excluding carboxylic acids is 2. The summed E-state index contributed by atoms with van der Waals surface area (Å²) in [6.07, 6.45) is 1.31. The van der Waals surface area contributed by atoms with E-state index in [4.69, 9.17) is 27.9 Å². The van der Waals surface area contributed by atoms with E-state index in [-0.39, 0.29) is 16.6 Å². The summed E-state index contributed by atoms with van der Waals surface area (Å²) in [5.74, 6) is -0.893. The number of rotatable bonds is 6. The van der Waals surface area contributed by atoms with Crippen LogP contribution in [0.2, 0.25) is 10.2 Å². The van der Waals surface area contributed by atoms with Crippen molar-refractivity contribution in [3.63, 3.8) is 0 Å². The van der Waals surface area contributed by atoms with E-state index in [1.54, 1.807) is 48.5 Å². The number of hydrogen-bond acceptors (Lipinski definition) is 6. The summed E-state index contributed by atoms with van der Waals surface area (Å²) in [5.41, 5.74) is 3.84. The van der Waals surface area contributed by atoms with Crippen LogP contribution in [0.4, 0.5) is 0 Å². The second-order valence-corrected chi connectivity index (χ2v) is 7.79. The zero-order chi connectivity index (χ0) is 21.7. The van der Waals surface area contributed by atoms with Crippen molar-refractivity contribution in [1.29, 1.82) is 0 Å². The molecule has 1 N–H and O–H groups in total. The number of halogens is 2. The molecule has 10 heteroatoms. The van der Waals surface area contributed by atoms with Gasteiger partial charge >= 0.3 is 10.8 Å². The fourth-order valence-corrected chi connectivity index (χ4v) is 3.76. The fourth-order valence-electron chi connectivity index (χ4n) is 2.53. The number of benzene rings is 2. The monoisotopic (exact) mass is 463 g/mol. The van der Waals surface area contributed by atoms with E-state index in [9.17, 15) is 14.4 Å². The molecule has 0 bridgehead atoms. The molecule has 1 amide bonds. The molecule has 3 rings (SSSR count). The Morgan fingerprint density at radius 3 is 2.60 bits per heavy atom. The summed E-state index contributed by atoms with van der Waals surface area (Å²) < 4.78 is 6.06. The molecule has 0 aliphatic heterocycles. The molecular formula is C20H15Cl2N3O4S. The van der Waals surface area contributed by atoms with Crippen molar-refractivity contribution in [1.82, 2.24) is 9.99 Å². The molecule has 0 fully saturated rings. The van der Waals surface area contributed by atoms with Crippen molar-refractivity contribution in [2.75, 3.05) is 7.11 Å². The van der Waals surface area contributed by atoms with Gasteiger partial charge in [0.15, 0.2) is 0 Å². The third-order valence-electron chi connectivity index (χ3n) is 4.00. The maximum Gasteiger partial charge on any atom is 0.337 e. The Morgan fingerprint density at radius 2 is 1.90 bits per heavy atom. The van der Waals surface area contributed by atoms with Crippen LogP contribution in [0.15, 0.2) is 58.4 Å². The molecule has 1 aromatic heterocycles. The molecule has 0 unspecified atom stereocenters. The summed E-state index contributed by atoms with van der Waals surface area (Å²) in [6, 6.07) is 13.0. The van der Waals surface area contributed by atoms with Crippen LogP contribution in [0.1, 0.15) is 31.2 Å². The molecule has 0 atom stereocenters. The Balaban J connectivity index is 1.73. The average molecular weight is 464 g/mol. The van der Waals surface area contributed by atoms with Crippen LogP contribution in [-0.2, 0) is 11.3 Å². The van der Waals surface area contributed by atoms with Crippen LogP contribution in [-0.4, -0.2) is 29.8 Å². The van der Waals surface area contributed by atoms with E-state index in [2.05, 4.69) is 10.5 Å². The van der Waals surface area contributed by atoms with Gasteiger partial charge in [-0.3, -0.25) is 14.2 Å². The lowest BCUT2D eigenvalue weighted by Crippen LogP contribution is -2.17. The van der Waals surface area contributed by atoms with Crippen molar-refractivity contribution >= 4 is 52.6 Å². The first kappa shape index (κ1) is 21.8. The molecule has 0 aliphatic carbocycles. The number of esters is 1. The number of methoxy groups -OCH3 is 1. The number of hydrogen-bond donors (Lipinski definition) is 1. The lowest BCUT2D eigenvalue weighted by molar-refractivity contribution is 0.0600.